The summed E-state index contributed by atoms with van der Waals surface area (Å²) >= 11 is 0. The molecule has 0 fully saturated rings. The second kappa shape index (κ2) is 23.1. The maximum absolute atomic E-state index is 13.6. The normalized spacial score (nSPS) is 13.7. The van der Waals surface area contributed by atoms with Crippen molar-refractivity contribution in [1.82, 2.24) is 26.6 Å². The van der Waals surface area contributed by atoms with Crippen molar-refractivity contribution in [2.75, 3.05) is 13.1 Å². The molecule has 0 saturated heterocycles. The largest absolute Gasteiger partial charge is 0.508 e. The number of nitrogens with one attached hydrogen (secondary N) is 5. The van der Waals surface area contributed by atoms with Crippen molar-refractivity contribution in [3.63, 3.8) is 0 Å². The molecule has 1 aromatic rings. The van der Waals surface area contributed by atoms with Gasteiger partial charge in [0.05, 0.1) is 0 Å². The van der Waals surface area contributed by atoms with Crippen molar-refractivity contribution in [3.05, 3.63) is 29.8 Å². The van der Waals surface area contributed by atoms with E-state index in [0.717, 1.165) is 0 Å². The highest BCUT2D eigenvalue weighted by Crippen LogP contribution is 2.13. The summed E-state index contributed by atoms with van der Waals surface area (Å²) in [5.74, 6) is -7.16. The van der Waals surface area contributed by atoms with Crippen molar-refractivity contribution >= 4 is 47.4 Å². The van der Waals surface area contributed by atoms with E-state index in [0.29, 0.717) is 31.4 Å². The van der Waals surface area contributed by atoms with Crippen LogP contribution in [0.15, 0.2) is 29.3 Å². The smallest absolute Gasteiger partial charge is 0.326 e. The summed E-state index contributed by atoms with van der Waals surface area (Å²) < 4.78 is 0. The summed E-state index contributed by atoms with van der Waals surface area (Å²) in [7, 11) is 0. The number of phenols is 1. The molecule has 19 nitrogen and oxygen atoms in total. The SMILES string of the molecule is CC(=O)N[C@@H](CCCN=C(N)N)C(=O)N[C@@H](CCCCN)C(=O)N[C@@H](CCC(=O)O)C(=O)N[C@H](C(=O)N[C@@H](Cc1ccc(O)cc1)C(=O)O)C(C)C. The number of unbranched alkanes of at least 4 members (excludes halogenated alkanes) is 1. The number of rotatable bonds is 24. The molecule has 1 rings (SSSR count). The number of carbonyl (C=O) groups excluding carboxylic acids is 5. The van der Waals surface area contributed by atoms with E-state index < -0.39 is 84.0 Å². The Bertz CT molecular complexity index is 1400. The molecule has 5 atom stereocenters. The molecule has 0 spiro atoms. The Hall–Kier alpha value is -5.46. The maximum atomic E-state index is 13.6. The molecule has 0 aliphatic carbocycles. The van der Waals surface area contributed by atoms with Crippen LogP contribution in [0.3, 0.4) is 0 Å². The van der Waals surface area contributed by atoms with Crippen LogP contribution < -0.4 is 43.8 Å². The summed E-state index contributed by atoms with van der Waals surface area (Å²) in [5.41, 5.74) is 16.8. The molecule has 0 saturated carbocycles. The van der Waals surface area contributed by atoms with Gasteiger partial charge in [-0.15, -0.1) is 0 Å². The molecular formula is C33H53N9O10. The number of nitrogens with two attached hydrogens (primary N) is 3. The second-order valence-corrected chi connectivity index (χ2v) is 12.5. The fourth-order valence-electron chi connectivity index (χ4n) is 4.98. The zero-order valence-corrected chi connectivity index (χ0v) is 29.7. The van der Waals surface area contributed by atoms with E-state index in [1.165, 1.54) is 31.2 Å². The minimum Gasteiger partial charge on any atom is -0.508 e. The monoisotopic (exact) mass is 735 g/mol. The number of nitrogens with zero attached hydrogens (tertiary/aromatic N) is 1. The average Bonchev–Trinajstić information content (AvgIpc) is 3.06. The van der Waals surface area contributed by atoms with Crippen LogP contribution in [0.25, 0.3) is 0 Å². The van der Waals surface area contributed by atoms with Gasteiger partial charge in [0, 0.05) is 26.3 Å². The van der Waals surface area contributed by atoms with Crippen molar-refractivity contribution in [1.29, 1.82) is 0 Å². The van der Waals surface area contributed by atoms with Crippen LogP contribution in [0.4, 0.5) is 0 Å². The lowest BCUT2D eigenvalue weighted by molar-refractivity contribution is -0.142. The Labute approximate surface area is 301 Å². The zero-order valence-electron chi connectivity index (χ0n) is 29.7. The minimum absolute atomic E-state index is 0.0266. The van der Waals surface area contributed by atoms with Crippen LogP contribution in [0.1, 0.15) is 71.3 Å². The van der Waals surface area contributed by atoms with Gasteiger partial charge >= 0.3 is 11.9 Å². The van der Waals surface area contributed by atoms with E-state index in [1.807, 2.05) is 0 Å². The van der Waals surface area contributed by atoms with Gasteiger partial charge in [-0.2, -0.15) is 0 Å². The van der Waals surface area contributed by atoms with Gasteiger partial charge in [0.25, 0.3) is 0 Å². The number of benzene rings is 1. The Balaban J connectivity index is 3.21. The highest BCUT2D eigenvalue weighted by molar-refractivity contribution is 5.96. The number of hydrogen-bond acceptors (Lipinski definition) is 10. The number of hydrogen-bond donors (Lipinski definition) is 11. The molecule has 0 aliphatic heterocycles. The van der Waals surface area contributed by atoms with Crippen LogP contribution in [0.5, 0.6) is 5.75 Å². The molecular weight excluding hydrogens is 682 g/mol. The predicted octanol–water partition coefficient (Wildman–Crippen LogP) is -1.83. The first-order valence-corrected chi connectivity index (χ1v) is 16.9. The van der Waals surface area contributed by atoms with Crippen molar-refractivity contribution in [2.24, 2.45) is 28.1 Å². The van der Waals surface area contributed by atoms with E-state index >= 15 is 0 Å². The number of aliphatic imine (C=N–C) groups is 1. The Kier molecular flexibility index (Phi) is 19.8. The van der Waals surface area contributed by atoms with Gasteiger partial charge in [0.15, 0.2) is 5.96 Å². The van der Waals surface area contributed by atoms with E-state index in [1.54, 1.807) is 13.8 Å². The first-order valence-electron chi connectivity index (χ1n) is 16.9. The van der Waals surface area contributed by atoms with Gasteiger partial charge in [-0.25, -0.2) is 4.79 Å². The van der Waals surface area contributed by atoms with Crippen LogP contribution in [-0.4, -0.2) is 106 Å². The number of carboxylic acids is 2. The lowest BCUT2D eigenvalue weighted by Crippen LogP contribution is -2.59. The number of carboxylic acid groups (broad SMARTS) is 2. The number of aromatic hydroxyl groups is 1. The Morgan fingerprint density at radius 2 is 1.23 bits per heavy atom. The topological polar surface area (TPSA) is 331 Å². The van der Waals surface area contributed by atoms with E-state index in [-0.39, 0.29) is 43.9 Å². The second-order valence-electron chi connectivity index (χ2n) is 12.5. The van der Waals surface area contributed by atoms with Gasteiger partial charge < -0.3 is 59.1 Å². The van der Waals surface area contributed by atoms with Crippen LogP contribution in [-0.2, 0) is 40.0 Å². The van der Waals surface area contributed by atoms with Gasteiger partial charge in [-0.1, -0.05) is 26.0 Å². The van der Waals surface area contributed by atoms with Gasteiger partial charge in [-0.3, -0.25) is 33.8 Å². The number of aliphatic carboxylic acids is 2. The lowest BCUT2D eigenvalue weighted by atomic mass is 10.00. The van der Waals surface area contributed by atoms with Crippen LogP contribution >= 0.6 is 0 Å². The molecule has 14 N–H and O–H groups in total. The molecule has 0 radical (unpaired) electrons. The third kappa shape index (κ3) is 17.5. The number of carbonyl (C=O) groups is 7. The lowest BCUT2D eigenvalue weighted by Gasteiger charge is -2.28. The summed E-state index contributed by atoms with van der Waals surface area (Å²) in [6, 6.07) is -0.739. The third-order valence-electron chi connectivity index (χ3n) is 7.74. The predicted molar refractivity (Wildman–Crippen MR) is 189 cm³/mol. The van der Waals surface area contributed by atoms with Crippen molar-refractivity contribution < 1.29 is 48.9 Å². The minimum atomic E-state index is -1.48. The fourth-order valence-corrected chi connectivity index (χ4v) is 4.98. The Morgan fingerprint density at radius 3 is 1.73 bits per heavy atom. The molecule has 0 aliphatic rings. The molecule has 19 heteroatoms. The number of amides is 5. The van der Waals surface area contributed by atoms with Gasteiger partial charge in [0.2, 0.25) is 29.5 Å². The molecule has 1 aromatic carbocycles. The third-order valence-corrected chi connectivity index (χ3v) is 7.74. The quantitative estimate of drug-likeness (QED) is 0.0316. The molecule has 0 aromatic heterocycles. The standard InChI is InChI=1S/C33H53N9O10/c1-18(2)27(31(50)41-25(32(51)52)17-20-9-11-21(44)12-10-20)42-30(49)24(13-14-26(45)46)40-29(48)23(7-4-5-15-34)39-28(47)22(38-19(3)43)8-6-16-37-33(35)36/h9-12,18,22-25,27,44H,4-8,13-17,34H2,1-3H3,(H,38,43)(H,39,47)(H,40,48)(H,41,50)(H,42,49)(H,45,46)(H,51,52)(H4,35,36,37)/t22-,23-,24-,25-,27-/m0/s1. The summed E-state index contributed by atoms with van der Waals surface area (Å²) in [5, 5.41) is 41.2. The maximum Gasteiger partial charge on any atom is 0.326 e. The molecule has 0 unspecified atom stereocenters. The van der Waals surface area contributed by atoms with E-state index in [9.17, 15) is 48.9 Å². The fraction of sp³-hybridized carbons (Fsp3) is 0.576. The van der Waals surface area contributed by atoms with Crippen LogP contribution in [0, 0.1) is 5.92 Å². The van der Waals surface area contributed by atoms with E-state index in [2.05, 4.69) is 31.6 Å². The molecule has 0 heterocycles. The molecule has 5 amide bonds. The Morgan fingerprint density at radius 1 is 0.712 bits per heavy atom. The highest BCUT2D eigenvalue weighted by Gasteiger charge is 2.33. The first-order chi connectivity index (χ1) is 24.4. The number of phenolic OH excluding ortho intramolecular Hbond substituents is 1. The molecule has 52 heavy (non-hydrogen) atoms. The highest BCUT2D eigenvalue weighted by atomic mass is 16.4. The summed E-state index contributed by atoms with van der Waals surface area (Å²) in [4.78, 5) is 92.9. The van der Waals surface area contributed by atoms with Crippen molar-refractivity contribution in [3.8, 4) is 5.75 Å². The average molecular weight is 736 g/mol. The molecule has 0 bridgehead atoms. The summed E-state index contributed by atoms with van der Waals surface area (Å²) in [6.07, 6.45) is 0.332. The van der Waals surface area contributed by atoms with Crippen LogP contribution in [0.2, 0.25) is 0 Å². The molecule has 290 valence electrons. The van der Waals surface area contributed by atoms with Crippen molar-refractivity contribution in [2.45, 2.75) is 102 Å². The van der Waals surface area contributed by atoms with E-state index in [4.69, 9.17) is 17.2 Å². The number of guanidine groups is 1. The van der Waals surface area contributed by atoms with Gasteiger partial charge in [0.1, 0.15) is 36.0 Å². The first kappa shape index (κ1) is 44.6. The summed E-state index contributed by atoms with van der Waals surface area (Å²) in [6.45, 7) is 4.88. The van der Waals surface area contributed by atoms with Gasteiger partial charge in [-0.05, 0) is 68.7 Å². The zero-order chi connectivity index (χ0) is 39.4.